The second-order valence-corrected chi connectivity index (χ2v) is 3.46. The molecule has 0 spiro atoms. The van der Waals surface area contributed by atoms with Gasteiger partial charge in [0.2, 0.25) is 0 Å². The van der Waals surface area contributed by atoms with E-state index in [-0.39, 0.29) is 0 Å². The van der Waals surface area contributed by atoms with E-state index in [1.165, 1.54) is 6.42 Å². The summed E-state index contributed by atoms with van der Waals surface area (Å²) in [5, 5.41) is 11.5. The van der Waals surface area contributed by atoms with Crippen LogP contribution < -0.4 is 0 Å². The molecule has 1 aromatic rings. The fourth-order valence-corrected chi connectivity index (χ4v) is 1.77. The van der Waals surface area contributed by atoms with E-state index in [9.17, 15) is 0 Å². The zero-order chi connectivity index (χ0) is 7.84. The monoisotopic (exact) mass is 152 g/mol. The average Bonchev–Trinajstić information content (AvgIpc) is 2.34. The standard InChI is InChI=1S/C7H12N4/c1-5-3-6(2)7-8-9-10-11(7)4-5/h5-6H,3-4H2,1-2H3. The van der Waals surface area contributed by atoms with E-state index in [2.05, 4.69) is 29.4 Å². The van der Waals surface area contributed by atoms with E-state index < -0.39 is 0 Å². The van der Waals surface area contributed by atoms with E-state index in [0.29, 0.717) is 11.8 Å². The zero-order valence-electron chi connectivity index (χ0n) is 6.86. The highest BCUT2D eigenvalue weighted by Crippen LogP contribution is 2.26. The summed E-state index contributed by atoms with van der Waals surface area (Å²) in [7, 11) is 0. The third kappa shape index (κ3) is 1.02. The van der Waals surface area contributed by atoms with Crippen molar-refractivity contribution in [2.75, 3.05) is 0 Å². The Morgan fingerprint density at radius 1 is 1.45 bits per heavy atom. The molecule has 0 radical (unpaired) electrons. The molecular formula is C7H12N4. The van der Waals surface area contributed by atoms with E-state index in [1.54, 1.807) is 0 Å². The molecular weight excluding hydrogens is 140 g/mol. The Balaban J connectivity index is 2.36. The molecule has 2 rings (SSSR count). The molecule has 1 aromatic heterocycles. The summed E-state index contributed by atoms with van der Waals surface area (Å²) in [6.07, 6.45) is 1.21. The molecule has 0 amide bonds. The molecule has 2 atom stereocenters. The molecule has 0 N–H and O–H groups in total. The summed E-state index contributed by atoms with van der Waals surface area (Å²) < 4.78 is 1.92. The first-order valence-electron chi connectivity index (χ1n) is 4.03. The van der Waals surface area contributed by atoms with Crippen LogP contribution in [0, 0.1) is 5.92 Å². The van der Waals surface area contributed by atoms with Gasteiger partial charge < -0.3 is 0 Å². The van der Waals surface area contributed by atoms with Gasteiger partial charge in [0.25, 0.3) is 0 Å². The van der Waals surface area contributed by atoms with Crippen LogP contribution in [0.1, 0.15) is 32.0 Å². The second-order valence-electron chi connectivity index (χ2n) is 3.46. The predicted molar refractivity (Wildman–Crippen MR) is 40.0 cm³/mol. The molecule has 1 aliphatic rings. The Morgan fingerprint density at radius 2 is 2.27 bits per heavy atom. The molecule has 4 heteroatoms. The number of nitrogens with zero attached hydrogens (tertiary/aromatic N) is 4. The number of fused-ring (bicyclic) bond motifs is 1. The van der Waals surface area contributed by atoms with Crippen LogP contribution >= 0.6 is 0 Å². The Kier molecular flexibility index (Phi) is 1.41. The first-order chi connectivity index (χ1) is 5.27. The number of tetrazole rings is 1. The van der Waals surface area contributed by atoms with Gasteiger partial charge in [0.15, 0.2) is 5.82 Å². The maximum absolute atomic E-state index is 3.97. The second kappa shape index (κ2) is 2.29. The van der Waals surface area contributed by atoms with Gasteiger partial charge in [0.05, 0.1) is 0 Å². The molecule has 0 saturated carbocycles. The van der Waals surface area contributed by atoms with Gasteiger partial charge >= 0.3 is 0 Å². The molecule has 2 unspecified atom stereocenters. The van der Waals surface area contributed by atoms with Crippen LogP contribution in [-0.2, 0) is 6.54 Å². The minimum Gasteiger partial charge on any atom is -0.229 e. The molecule has 60 valence electrons. The van der Waals surface area contributed by atoms with Crippen LogP contribution in [0.25, 0.3) is 0 Å². The van der Waals surface area contributed by atoms with E-state index in [0.717, 1.165) is 12.4 Å². The first-order valence-corrected chi connectivity index (χ1v) is 4.03. The Bertz CT molecular complexity index is 255. The van der Waals surface area contributed by atoms with E-state index in [1.807, 2.05) is 4.68 Å². The molecule has 0 aliphatic carbocycles. The van der Waals surface area contributed by atoms with Crippen LogP contribution in [0.3, 0.4) is 0 Å². The Hall–Kier alpha value is -0.930. The normalized spacial score (nSPS) is 30.0. The van der Waals surface area contributed by atoms with Crippen LogP contribution in [0.4, 0.5) is 0 Å². The molecule has 4 nitrogen and oxygen atoms in total. The number of hydrogen-bond acceptors (Lipinski definition) is 3. The van der Waals surface area contributed by atoms with Gasteiger partial charge in [-0.05, 0) is 22.8 Å². The van der Waals surface area contributed by atoms with Crippen LogP contribution in [0.5, 0.6) is 0 Å². The molecule has 0 aromatic carbocycles. The summed E-state index contributed by atoms with van der Waals surface area (Å²) in [5.41, 5.74) is 0. The molecule has 2 heterocycles. The molecule has 0 fully saturated rings. The number of hydrogen-bond donors (Lipinski definition) is 0. The fraction of sp³-hybridized carbons (Fsp3) is 0.857. The third-order valence-corrected chi connectivity index (χ3v) is 2.24. The molecule has 11 heavy (non-hydrogen) atoms. The lowest BCUT2D eigenvalue weighted by atomic mass is 9.93. The molecule has 0 saturated heterocycles. The number of aromatic nitrogens is 4. The quantitative estimate of drug-likeness (QED) is 0.552. The van der Waals surface area contributed by atoms with Crippen LogP contribution in [0.15, 0.2) is 0 Å². The lowest BCUT2D eigenvalue weighted by Gasteiger charge is -2.22. The summed E-state index contributed by atoms with van der Waals surface area (Å²) in [5.74, 6) is 2.28. The van der Waals surface area contributed by atoms with Gasteiger partial charge in [-0.1, -0.05) is 13.8 Å². The number of rotatable bonds is 0. The van der Waals surface area contributed by atoms with Crippen molar-refractivity contribution in [2.45, 2.75) is 32.7 Å². The average molecular weight is 152 g/mol. The van der Waals surface area contributed by atoms with Crippen molar-refractivity contribution in [3.63, 3.8) is 0 Å². The van der Waals surface area contributed by atoms with Crippen molar-refractivity contribution < 1.29 is 0 Å². The zero-order valence-corrected chi connectivity index (χ0v) is 6.86. The summed E-state index contributed by atoms with van der Waals surface area (Å²) >= 11 is 0. The maximum Gasteiger partial charge on any atom is 0.154 e. The third-order valence-electron chi connectivity index (χ3n) is 2.24. The van der Waals surface area contributed by atoms with Gasteiger partial charge in [-0.2, -0.15) is 0 Å². The lowest BCUT2D eigenvalue weighted by Crippen LogP contribution is -2.21. The summed E-state index contributed by atoms with van der Waals surface area (Å²) in [6.45, 7) is 5.39. The van der Waals surface area contributed by atoms with Crippen molar-refractivity contribution in [1.29, 1.82) is 0 Å². The minimum absolute atomic E-state index is 0.522. The van der Waals surface area contributed by atoms with Gasteiger partial charge in [0, 0.05) is 12.5 Å². The highest BCUT2D eigenvalue weighted by molar-refractivity contribution is 4.95. The van der Waals surface area contributed by atoms with Gasteiger partial charge in [-0.3, -0.25) is 0 Å². The smallest absolute Gasteiger partial charge is 0.154 e. The first kappa shape index (κ1) is 6.76. The van der Waals surface area contributed by atoms with E-state index >= 15 is 0 Å². The SMILES string of the molecule is CC1CC(C)c2nnnn2C1. The Labute approximate surface area is 65.6 Å². The maximum atomic E-state index is 3.97. The molecule has 1 aliphatic heterocycles. The highest BCUT2D eigenvalue weighted by atomic mass is 15.5. The van der Waals surface area contributed by atoms with Gasteiger partial charge in [-0.25, -0.2) is 4.68 Å². The van der Waals surface area contributed by atoms with Crippen molar-refractivity contribution in [2.24, 2.45) is 5.92 Å². The highest BCUT2D eigenvalue weighted by Gasteiger charge is 2.23. The fourth-order valence-electron chi connectivity index (χ4n) is 1.77. The molecule has 0 bridgehead atoms. The summed E-state index contributed by atoms with van der Waals surface area (Å²) in [4.78, 5) is 0. The minimum atomic E-state index is 0.522. The Morgan fingerprint density at radius 3 is 3.09 bits per heavy atom. The topological polar surface area (TPSA) is 43.6 Å². The predicted octanol–water partition coefficient (Wildman–Crippen LogP) is 0.816. The van der Waals surface area contributed by atoms with Crippen molar-refractivity contribution >= 4 is 0 Å². The van der Waals surface area contributed by atoms with Gasteiger partial charge in [-0.15, -0.1) is 5.10 Å². The lowest BCUT2D eigenvalue weighted by molar-refractivity contribution is 0.331. The van der Waals surface area contributed by atoms with Crippen LogP contribution in [0.2, 0.25) is 0 Å². The van der Waals surface area contributed by atoms with Crippen molar-refractivity contribution in [3.05, 3.63) is 5.82 Å². The summed E-state index contributed by atoms with van der Waals surface area (Å²) in [6, 6.07) is 0. The van der Waals surface area contributed by atoms with Crippen LogP contribution in [-0.4, -0.2) is 20.2 Å². The van der Waals surface area contributed by atoms with E-state index in [4.69, 9.17) is 0 Å². The van der Waals surface area contributed by atoms with Crippen molar-refractivity contribution in [3.8, 4) is 0 Å². The van der Waals surface area contributed by atoms with Gasteiger partial charge in [0.1, 0.15) is 0 Å². The van der Waals surface area contributed by atoms with Crippen molar-refractivity contribution in [1.82, 2.24) is 20.2 Å². The largest absolute Gasteiger partial charge is 0.229 e.